The first-order chi connectivity index (χ1) is 19.2. The third-order valence-corrected chi connectivity index (χ3v) is 6.93. The second-order valence-electron chi connectivity index (χ2n) is 9.35. The van der Waals surface area contributed by atoms with Crippen LogP contribution in [0.25, 0.3) is 11.3 Å². The molecule has 40 heavy (non-hydrogen) atoms. The summed E-state index contributed by atoms with van der Waals surface area (Å²) < 4.78 is 5.17. The molecule has 4 aromatic rings. The van der Waals surface area contributed by atoms with Gasteiger partial charge in [-0.25, -0.2) is 24.9 Å². The predicted molar refractivity (Wildman–Crippen MR) is 149 cm³/mol. The zero-order valence-electron chi connectivity index (χ0n) is 22.3. The maximum Gasteiger partial charge on any atom is 0.255 e. The number of fused-ring (bicyclic) bond motifs is 1. The third-order valence-electron chi connectivity index (χ3n) is 6.65. The summed E-state index contributed by atoms with van der Waals surface area (Å²) in [5.41, 5.74) is 3.28. The summed E-state index contributed by atoms with van der Waals surface area (Å²) >= 11 is 6.45. The highest BCUT2D eigenvalue weighted by Crippen LogP contribution is 2.32. The Labute approximate surface area is 236 Å². The largest absolute Gasteiger partial charge is 0.481 e. The lowest BCUT2D eigenvalue weighted by molar-refractivity contribution is -0.125. The zero-order chi connectivity index (χ0) is 28.4. The van der Waals surface area contributed by atoms with Crippen LogP contribution in [-0.4, -0.2) is 54.8 Å². The first-order valence-corrected chi connectivity index (χ1v) is 12.9. The van der Waals surface area contributed by atoms with E-state index in [1.165, 1.54) is 13.3 Å². The molecule has 5 rings (SSSR count). The molecular formula is C28H27ClN8O3. The number of nitrogens with zero attached hydrogens (tertiary/aromatic N) is 6. The van der Waals surface area contributed by atoms with Crippen LogP contribution in [0, 0.1) is 6.92 Å². The number of ether oxygens (including phenoxy) is 1. The predicted octanol–water partition coefficient (Wildman–Crippen LogP) is 4.26. The number of hydrogen-bond donors (Lipinski definition) is 2. The summed E-state index contributed by atoms with van der Waals surface area (Å²) in [6, 6.07) is 9.76. The molecule has 12 heteroatoms. The van der Waals surface area contributed by atoms with E-state index in [1.807, 2.05) is 25.1 Å². The summed E-state index contributed by atoms with van der Waals surface area (Å²) in [7, 11) is 1.54. The van der Waals surface area contributed by atoms with E-state index in [1.54, 1.807) is 49.3 Å². The number of pyridine rings is 1. The van der Waals surface area contributed by atoms with Crippen molar-refractivity contribution in [3.63, 3.8) is 0 Å². The van der Waals surface area contributed by atoms with E-state index in [-0.39, 0.29) is 17.9 Å². The lowest BCUT2D eigenvalue weighted by Crippen LogP contribution is -2.45. The van der Waals surface area contributed by atoms with E-state index in [2.05, 4.69) is 35.6 Å². The van der Waals surface area contributed by atoms with Crippen molar-refractivity contribution in [3.05, 3.63) is 82.5 Å². The van der Waals surface area contributed by atoms with Crippen molar-refractivity contribution in [2.75, 3.05) is 12.4 Å². The van der Waals surface area contributed by atoms with Crippen molar-refractivity contribution in [1.82, 2.24) is 35.1 Å². The number of aromatic nitrogens is 5. The molecule has 1 aliphatic heterocycles. The number of methoxy groups -OCH3 is 1. The molecule has 1 aliphatic rings. The van der Waals surface area contributed by atoms with Crippen LogP contribution in [0.15, 0.2) is 55.0 Å². The van der Waals surface area contributed by atoms with Crippen molar-refractivity contribution < 1.29 is 14.3 Å². The molecule has 0 spiro atoms. The first-order valence-electron chi connectivity index (χ1n) is 12.6. The van der Waals surface area contributed by atoms with Crippen LogP contribution in [0.3, 0.4) is 0 Å². The minimum atomic E-state index is -0.690. The molecule has 2 amide bonds. The van der Waals surface area contributed by atoms with Gasteiger partial charge < -0.3 is 20.3 Å². The number of aryl methyl sites for hydroxylation is 1. The van der Waals surface area contributed by atoms with Crippen LogP contribution >= 0.6 is 11.6 Å². The van der Waals surface area contributed by atoms with Gasteiger partial charge in [0.1, 0.15) is 17.7 Å². The van der Waals surface area contributed by atoms with Gasteiger partial charge in [0, 0.05) is 36.1 Å². The molecule has 0 saturated heterocycles. The molecule has 204 valence electrons. The van der Waals surface area contributed by atoms with Crippen molar-refractivity contribution in [2.24, 2.45) is 0 Å². The van der Waals surface area contributed by atoms with Crippen molar-refractivity contribution in [2.45, 2.75) is 39.4 Å². The lowest BCUT2D eigenvalue weighted by Gasteiger charge is -2.25. The number of carbonyl (C=O) groups is 2. The standard InChI is InChI=1S/C28H27ClN8O3/c1-15(18-7-9-31-24(12-18)40-4)33-26(38)16(2)37-14-20-6-5-19(11-21(20)27(37)39)25-22(29)13-32-28(36-25)35-23-8-10-30-17(3)34-23/h5-13,15-16H,14H2,1-4H3,(H,33,38)(H,30,32,34,35,36). The van der Waals surface area contributed by atoms with E-state index in [0.717, 1.165) is 11.1 Å². The van der Waals surface area contributed by atoms with Crippen molar-refractivity contribution >= 4 is 35.2 Å². The summed E-state index contributed by atoms with van der Waals surface area (Å²) in [5.74, 6) is 1.42. The van der Waals surface area contributed by atoms with Crippen LogP contribution in [-0.2, 0) is 11.3 Å². The fourth-order valence-corrected chi connectivity index (χ4v) is 4.62. The highest BCUT2D eigenvalue weighted by molar-refractivity contribution is 6.33. The smallest absolute Gasteiger partial charge is 0.255 e. The molecule has 2 atom stereocenters. The third kappa shape index (κ3) is 5.55. The molecule has 0 bridgehead atoms. The van der Waals surface area contributed by atoms with E-state index in [9.17, 15) is 9.59 Å². The van der Waals surface area contributed by atoms with Gasteiger partial charge in [-0.05, 0) is 50.1 Å². The van der Waals surface area contributed by atoms with Gasteiger partial charge >= 0.3 is 0 Å². The monoisotopic (exact) mass is 558 g/mol. The number of benzene rings is 1. The molecule has 0 radical (unpaired) electrons. The van der Waals surface area contributed by atoms with Crippen LogP contribution in [0.5, 0.6) is 5.88 Å². The number of carbonyl (C=O) groups excluding carboxylic acids is 2. The van der Waals surface area contributed by atoms with Gasteiger partial charge in [0.15, 0.2) is 0 Å². The molecule has 11 nitrogen and oxygen atoms in total. The number of anilines is 2. The highest BCUT2D eigenvalue weighted by atomic mass is 35.5. The fourth-order valence-electron chi connectivity index (χ4n) is 4.42. The molecule has 2 unspecified atom stereocenters. The van der Waals surface area contributed by atoms with Crippen LogP contribution in [0.4, 0.5) is 11.8 Å². The number of rotatable bonds is 8. The summed E-state index contributed by atoms with van der Waals surface area (Å²) in [6.45, 7) is 5.69. The fraction of sp³-hybridized carbons (Fsp3) is 0.250. The van der Waals surface area contributed by atoms with Gasteiger partial charge in [0.2, 0.25) is 17.7 Å². The average molecular weight is 559 g/mol. The Morgan fingerprint density at radius 1 is 1.07 bits per heavy atom. The Kier molecular flexibility index (Phi) is 7.56. The van der Waals surface area contributed by atoms with Crippen molar-refractivity contribution in [3.8, 4) is 17.1 Å². The summed E-state index contributed by atoms with van der Waals surface area (Å²) in [5, 5.41) is 6.36. The first kappa shape index (κ1) is 26.9. The van der Waals surface area contributed by atoms with Gasteiger partial charge in [-0.15, -0.1) is 0 Å². The normalized spacial score (nSPS) is 13.9. The van der Waals surface area contributed by atoms with E-state index < -0.39 is 6.04 Å². The number of amides is 2. The highest BCUT2D eigenvalue weighted by Gasteiger charge is 2.34. The quantitative estimate of drug-likeness (QED) is 0.325. The Morgan fingerprint density at radius 2 is 1.88 bits per heavy atom. The molecule has 3 aromatic heterocycles. The molecule has 0 saturated carbocycles. The molecule has 0 aliphatic carbocycles. The van der Waals surface area contributed by atoms with Gasteiger partial charge in [-0.2, -0.15) is 0 Å². The van der Waals surface area contributed by atoms with E-state index >= 15 is 0 Å². The molecule has 1 aromatic carbocycles. The van der Waals surface area contributed by atoms with E-state index in [4.69, 9.17) is 16.3 Å². The lowest BCUT2D eigenvalue weighted by atomic mass is 10.0. The van der Waals surface area contributed by atoms with Gasteiger partial charge in [-0.3, -0.25) is 9.59 Å². The summed E-state index contributed by atoms with van der Waals surface area (Å²) in [6.07, 6.45) is 4.75. The second-order valence-corrected chi connectivity index (χ2v) is 9.75. The Hall–Kier alpha value is -4.64. The van der Waals surface area contributed by atoms with Gasteiger partial charge in [0.05, 0.1) is 30.1 Å². The SMILES string of the molecule is COc1cc(C(C)NC(=O)C(C)N2Cc3ccc(-c4nc(Nc5ccnc(C)n5)ncc4Cl)cc3C2=O)ccn1. The molecule has 4 heterocycles. The zero-order valence-corrected chi connectivity index (χ0v) is 23.1. The second kappa shape index (κ2) is 11.2. The van der Waals surface area contributed by atoms with Gasteiger partial charge in [0.25, 0.3) is 5.91 Å². The Bertz CT molecular complexity index is 1600. The molecule has 2 N–H and O–H groups in total. The van der Waals surface area contributed by atoms with Crippen molar-refractivity contribution in [1.29, 1.82) is 0 Å². The van der Waals surface area contributed by atoms with Crippen LogP contribution < -0.4 is 15.4 Å². The number of nitrogens with one attached hydrogen (secondary N) is 2. The Morgan fingerprint density at radius 3 is 2.65 bits per heavy atom. The topological polar surface area (TPSA) is 135 Å². The van der Waals surface area contributed by atoms with Gasteiger partial charge in [-0.1, -0.05) is 23.7 Å². The average Bonchev–Trinajstić information content (AvgIpc) is 3.29. The van der Waals surface area contributed by atoms with E-state index in [0.29, 0.717) is 51.9 Å². The minimum absolute atomic E-state index is 0.238. The van der Waals surface area contributed by atoms with Crippen LogP contribution in [0.1, 0.15) is 47.2 Å². The summed E-state index contributed by atoms with van der Waals surface area (Å²) in [4.78, 5) is 49.4. The minimum Gasteiger partial charge on any atom is -0.481 e. The molecular weight excluding hydrogens is 532 g/mol. The maximum atomic E-state index is 13.4. The number of halogens is 1. The van der Waals surface area contributed by atoms with Crippen LogP contribution in [0.2, 0.25) is 5.02 Å². The Balaban J connectivity index is 1.32. The molecule has 0 fully saturated rings. The number of hydrogen-bond acceptors (Lipinski definition) is 9. The maximum absolute atomic E-state index is 13.4.